The third kappa shape index (κ3) is 3.08. The fraction of sp³-hybridized carbons (Fsp3) is 0.562. The van der Waals surface area contributed by atoms with E-state index in [1.54, 1.807) is 6.08 Å². The van der Waals surface area contributed by atoms with Crippen molar-refractivity contribution in [3.8, 4) is 0 Å². The van der Waals surface area contributed by atoms with Gasteiger partial charge in [-0.3, -0.25) is 0 Å². The van der Waals surface area contributed by atoms with Crippen LogP contribution in [0, 0.1) is 5.41 Å². The number of aliphatic imine (C=N–C) groups is 1. The minimum absolute atomic E-state index is 0.434. The molecule has 2 heteroatoms. The number of hydrogen-bond acceptors (Lipinski definition) is 2. The minimum Gasteiger partial charge on any atom is -0.211 e. The van der Waals surface area contributed by atoms with Crippen LogP contribution in [0.25, 0.3) is 0 Å². The molecular formula is C16H21NO. The van der Waals surface area contributed by atoms with Crippen molar-refractivity contribution in [1.82, 2.24) is 0 Å². The zero-order valence-corrected chi connectivity index (χ0v) is 11.3. The first-order valence-electron chi connectivity index (χ1n) is 6.74. The van der Waals surface area contributed by atoms with E-state index in [4.69, 9.17) is 0 Å². The molecule has 1 aromatic carbocycles. The van der Waals surface area contributed by atoms with E-state index in [0.717, 1.165) is 0 Å². The lowest BCUT2D eigenvalue weighted by Gasteiger charge is -2.36. The van der Waals surface area contributed by atoms with Gasteiger partial charge in [0.1, 0.15) is 0 Å². The molecule has 0 saturated heterocycles. The molecule has 0 heterocycles. The summed E-state index contributed by atoms with van der Waals surface area (Å²) in [5.74, 6) is 0.617. The van der Waals surface area contributed by atoms with Crippen LogP contribution in [-0.4, -0.2) is 6.08 Å². The van der Waals surface area contributed by atoms with Gasteiger partial charge in [0.2, 0.25) is 6.08 Å². The first-order valence-corrected chi connectivity index (χ1v) is 6.74. The quantitative estimate of drug-likeness (QED) is 0.577. The van der Waals surface area contributed by atoms with Crippen molar-refractivity contribution in [1.29, 1.82) is 0 Å². The van der Waals surface area contributed by atoms with Crippen molar-refractivity contribution >= 4 is 6.08 Å². The Labute approximate surface area is 109 Å². The second-order valence-corrected chi connectivity index (χ2v) is 6.06. The average Bonchev–Trinajstić information content (AvgIpc) is 2.35. The van der Waals surface area contributed by atoms with Gasteiger partial charge < -0.3 is 0 Å². The molecule has 18 heavy (non-hydrogen) atoms. The van der Waals surface area contributed by atoms with E-state index in [0.29, 0.717) is 17.9 Å². The number of isocyanates is 1. The Kier molecular flexibility index (Phi) is 3.98. The lowest BCUT2D eigenvalue weighted by molar-refractivity contribution is 0.219. The van der Waals surface area contributed by atoms with Gasteiger partial charge in [-0.2, -0.15) is 0 Å². The molecule has 0 aliphatic heterocycles. The number of hydrogen-bond donors (Lipinski definition) is 0. The Bertz CT molecular complexity index is 458. The summed E-state index contributed by atoms with van der Waals surface area (Å²) in [4.78, 5) is 14.0. The van der Waals surface area contributed by atoms with Gasteiger partial charge in [-0.25, -0.2) is 9.79 Å². The fourth-order valence-corrected chi connectivity index (χ4v) is 3.16. The number of rotatable bonds is 3. The van der Waals surface area contributed by atoms with Crippen LogP contribution >= 0.6 is 0 Å². The Morgan fingerprint density at radius 2 is 2.17 bits per heavy atom. The van der Waals surface area contributed by atoms with Crippen molar-refractivity contribution in [3.63, 3.8) is 0 Å². The third-order valence-corrected chi connectivity index (χ3v) is 4.01. The van der Waals surface area contributed by atoms with E-state index in [9.17, 15) is 4.79 Å². The van der Waals surface area contributed by atoms with Gasteiger partial charge in [-0.15, -0.1) is 0 Å². The fourth-order valence-electron chi connectivity index (χ4n) is 3.16. The molecule has 0 radical (unpaired) electrons. The molecule has 1 aliphatic rings. The van der Waals surface area contributed by atoms with E-state index in [-0.39, 0.29) is 0 Å². The molecule has 1 aromatic rings. The SMILES string of the molecule is CC1(C)CCCC(c2ccccc2CN=C=O)C1. The number of carbonyl (C=O) groups excluding carboxylic acids is 1. The molecule has 1 unspecified atom stereocenters. The van der Waals surface area contributed by atoms with Crippen LogP contribution in [0.15, 0.2) is 29.3 Å². The molecule has 1 saturated carbocycles. The van der Waals surface area contributed by atoms with Crippen molar-refractivity contribution in [3.05, 3.63) is 35.4 Å². The molecule has 0 N–H and O–H groups in total. The molecule has 0 bridgehead atoms. The van der Waals surface area contributed by atoms with Gasteiger partial charge in [0.25, 0.3) is 0 Å². The standard InChI is InChI=1S/C16H21NO/c1-16(2)9-5-7-13(10-16)15-8-4-3-6-14(15)11-17-12-18/h3-4,6,8,13H,5,7,9-11H2,1-2H3. The maximum Gasteiger partial charge on any atom is 0.235 e. The summed E-state index contributed by atoms with van der Waals surface area (Å²) in [6, 6.07) is 8.39. The van der Waals surface area contributed by atoms with Crippen LogP contribution in [0.1, 0.15) is 56.6 Å². The van der Waals surface area contributed by atoms with Gasteiger partial charge in [0, 0.05) is 0 Å². The molecule has 2 rings (SSSR count). The first-order chi connectivity index (χ1) is 8.62. The molecule has 1 atom stereocenters. The summed E-state index contributed by atoms with van der Waals surface area (Å²) in [5.41, 5.74) is 3.00. The summed E-state index contributed by atoms with van der Waals surface area (Å²) in [7, 11) is 0. The Morgan fingerprint density at radius 1 is 1.39 bits per heavy atom. The zero-order valence-electron chi connectivity index (χ0n) is 11.3. The van der Waals surface area contributed by atoms with Gasteiger partial charge in [-0.1, -0.05) is 44.5 Å². The molecule has 0 amide bonds. The van der Waals surface area contributed by atoms with Crippen LogP contribution in [0.4, 0.5) is 0 Å². The summed E-state index contributed by atoms with van der Waals surface area (Å²) in [5, 5.41) is 0. The van der Waals surface area contributed by atoms with Gasteiger partial charge >= 0.3 is 0 Å². The van der Waals surface area contributed by atoms with E-state index < -0.39 is 0 Å². The summed E-state index contributed by atoms with van der Waals surface area (Å²) in [6.07, 6.45) is 6.74. The van der Waals surface area contributed by atoms with Crippen molar-refractivity contribution in [2.24, 2.45) is 10.4 Å². The van der Waals surface area contributed by atoms with Crippen molar-refractivity contribution in [2.75, 3.05) is 0 Å². The highest BCUT2D eigenvalue weighted by Crippen LogP contribution is 2.44. The maximum atomic E-state index is 10.3. The highest BCUT2D eigenvalue weighted by Gasteiger charge is 2.29. The van der Waals surface area contributed by atoms with Gasteiger partial charge in [-0.05, 0) is 41.7 Å². The van der Waals surface area contributed by atoms with Crippen molar-refractivity contribution in [2.45, 2.75) is 52.0 Å². The Hall–Kier alpha value is -1.40. The molecule has 96 valence electrons. The number of nitrogens with zero attached hydrogens (tertiary/aromatic N) is 1. The summed E-state index contributed by atoms with van der Waals surface area (Å²) in [6.45, 7) is 5.17. The average molecular weight is 243 g/mol. The predicted molar refractivity (Wildman–Crippen MR) is 73.3 cm³/mol. The van der Waals surface area contributed by atoms with Crippen molar-refractivity contribution < 1.29 is 4.79 Å². The normalized spacial score (nSPS) is 22.2. The van der Waals surface area contributed by atoms with Crippen LogP contribution in [0.3, 0.4) is 0 Å². The number of benzene rings is 1. The third-order valence-electron chi connectivity index (χ3n) is 4.01. The monoisotopic (exact) mass is 243 g/mol. The maximum absolute atomic E-state index is 10.3. The minimum atomic E-state index is 0.434. The van der Waals surface area contributed by atoms with E-state index in [1.165, 1.54) is 36.8 Å². The Morgan fingerprint density at radius 3 is 2.89 bits per heavy atom. The highest BCUT2D eigenvalue weighted by molar-refractivity contribution is 5.36. The van der Waals surface area contributed by atoms with Gasteiger partial charge in [0.15, 0.2) is 0 Å². The largest absolute Gasteiger partial charge is 0.235 e. The molecular weight excluding hydrogens is 222 g/mol. The zero-order chi connectivity index (χ0) is 13.0. The van der Waals surface area contributed by atoms with Crippen LogP contribution < -0.4 is 0 Å². The summed E-state index contributed by atoms with van der Waals surface area (Å²) < 4.78 is 0. The molecule has 2 nitrogen and oxygen atoms in total. The van der Waals surface area contributed by atoms with Crippen LogP contribution in [0.5, 0.6) is 0 Å². The second kappa shape index (κ2) is 5.49. The second-order valence-electron chi connectivity index (χ2n) is 6.06. The topological polar surface area (TPSA) is 29.4 Å². The van der Waals surface area contributed by atoms with Crippen LogP contribution in [0.2, 0.25) is 0 Å². The lowest BCUT2D eigenvalue weighted by Crippen LogP contribution is -2.22. The molecule has 1 aliphatic carbocycles. The van der Waals surface area contributed by atoms with Crippen LogP contribution in [-0.2, 0) is 11.3 Å². The van der Waals surface area contributed by atoms with E-state index in [1.807, 2.05) is 6.07 Å². The molecule has 1 fully saturated rings. The summed E-state index contributed by atoms with van der Waals surface area (Å²) >= 11 is 0. The lowest BCUT2D eigenvalue weighted by atomic mass is 9.69. The Balaban J connectivity index is 2.24. The first kappa shape index (κ1) is 13.0. The van der Waals surface area contributed by atoms with Gasteiger partial charge in [0.05, 0.1) is 6.54 Å². The van der Waals surface area contributed by atoms with E-state index in [2.05, 4.69) is 37.0 Å². The molecule has 0 spiro atoms. The predicted octanol–water partition coefficient (Wildman–Crippen LogP) is 4.21. The smallest absolute Gasteiger partial charge is 0.211 e. The van der Waals surface area contributed by atoms with E-state index >= 15 is 0 Å². The highest BCUT2D eigenvalue weighted by atomic mass is 16.1. The molecule has 0 aromatic heterocycles.